The number of nitrogens with zero attached hydrogens (tertiary/aromatic N) is 1. The molecule has 0 spiro atoms. The highest BCUT2D eigenvalue weighted by Crippen LogP contribution is 2.18. The highest BCUT2D eigenvalue weighted by Gasteiger charge is 2.07. The normalized spacial score (nSPS) is 10.2. The van der Waals surface area contributed by atoms with Crippen LogP contribution in [0, 0.1) is 0 Å². The van der Waals surface area contributed by atoms with Gasteiger partial charge in [0.1, 0.15) is 17.0 Å². The number of amides is 1. The Kier molecular flexibility index (Phi) is 5.71. The number of halogens is 1. The van der Waals surface area contributed by atoms with Gasteiger partial charge in [-0.25, -0.2) is 4.98 Å². The van der Waals surface area contributed by atoms with Crippen molar-refractivity contribution in [2.75, 3.05) is 25.6 Å². The van der Waals surface area contributed by atoms with Gasteiger partial charge < -0.3 is 14.8 Å². The molecule has 2 rings (SSSR count). The second-order valence-electron chi connectivity index (χ2n) is 4.19. The maximum atomic E-state index is 12.1. The third-order valence-electron chi connectivity index (χ3n) is 2.64. The van der Waals surface area contributed by atoms with Crippen LogP contribution in [0.1, 0.15) is 10.4 Å². The highest BCUT2D eigenvalue weighted by atomic mass is 79.9. The molecule has 0 radical (unpaired) electrons. The van der Waals surface area contributed by atoms with Gasteiger partial charge >= 0.3 is 0 Å². The summed E-state index contributed by atoms with van der Waals surface area (Å²) in [5, 5.41) is 2.82. The van der Waals surface area contributed by atoms with Gasteiger partial charge in [-0.1, -0.05) is 6.07 Å². The van der Waals surface area contributed by atoms with Crippen molar-refractivity contribution in [1.82, 2.24) is 4.98 Å². The maximum Gasteiger partial charge on any atom is 0.255 e. The molecular weight excluding hydrogens is 336 g/mol. The summed E-state index contributed by atoms with van der Waals surface area (Å²) < 4.78 is 11.0. The van der Waals surface area contributed by atoms with E-state index in [-0.39, 0.29) is 5.91 Å². The van der Waals surface area contributed by atoms with E-state index >= 15 is 0 Å². The van der Waals surface area contributed by atoms with Gasteiger partial charge in [-0.05, 0) is 40.2 Å². The highest BCUT2D eigenvalue weighted by molar-refractivity contribution is 9.10. The minimum atomic E-state index is -0.202. The second-order valence-corrected chi connectivity index (χ2v) is 5.00. The van der Waals surface area contributed by atoms with Crippen LogP contribution in [0.25, 0.3) is 0 Å². The molecule has 0 fully saturated rings. The van der Waals surface area contributed by atoms with Crippen LogP contribution in [-0.4, -0.2) is 31.2 Å². The predicted molar refractivity (Wildman–Crippen MR) is 83.7 cm³/mol. The van der Waals surface area contributed by atoms with Crippen molar-refractivity contribution in [1.29, 1.82) is 0 Å². The lowest BCUT2D eigenvalue weighted by molar-refractivity contribution is 0.102. The molecule has 0 atom stereocenters. The van der Waals surface area contributed by atoms with Crippen molar-refractivity contribution < 1.29 is 14.3 Å². The molecule has 2 aromatic rings. The van der Waals surface area contributed by atoms with Crippen LogP contribution >= 0.6 is 15.9 Å². The summed E-state index contributed by atoms with van der Waals surface area (Å²) >= 11 is 3.24. The van der Waals surface area contributed by atoms with E-state index in [1.54, 1.807) is 37.6 Å². The molecule has 6 heteroatoms. The van der Waals surface area contributed by atoms with Crippen LogP contribution in [0.15, 0.2) is 47.2 Å². The lowest BCUT2D eigenvalue weighted by Gasteiger charge is -2.09. The summed E-state index contributed by atoms with van der Waals surface area (Å²) in [7, 11) is 1.62. The van der Waals surface area contributed by atoms with Crippen LogP contribution in [0.3, 0.4) is 0 Å². The molecule has 0 bridgehead atoms. The average Bonchev–Trinajstić information content (AvgIpc) is 2.48. The molecule has 1 aromatic carbocycles. The average molecular weight is 351 g/mol. The molecule has 0 unspecified atom stereocenters. The summed E-state index contributed by atoms with van der Waals surface area (Å²) in [6, 6.07) is 10.5. The maximum absolute atomic E-state index is 12.1. The van der Waals surface area contributed by atoms with Crippen molar-refractivity contribution in [3.63, 3.8) is 0 Å². The van der Waals surface area contributed by atoms with E-state index in [9.17, 15) is 4.79 Å². The van der Waals surface area contributed by atoms with Crippen molar-refractivity contribution in [3.8, 4) is 5.75 Å². The van der Waals surface area contributed by atoms with Gasteiger partial charge in [-0.2, -0.15) is 0 Å². The zero-order chi connectivity index (χ0) is 15.1. The first-order valence-electron chi connectivity index (χ1n) is 6.34. The van der Waals surface area contributed by atoms with E-state index in [0.29, 0.717) is 34.8 Å². The number of nitrogens with one attached hydrogen (secondary N) is 1. The van der Waals surface area contributed by atoms with E-state index in [2.05, 4.69) is 26.2 Å². The molecule has 1 aromatic heterocycles. The first kappa shape index (κ1) is 15.5. The van der Waals surface area contributed by atoms with Gasteiger partial charge in [-0.15, -0.1) is 0 Å². The van der Waals surface area contributed by atoms with Crippen molar-refractivity contribution in [3.05, 3.63) is 52.8 Å². The fourth-order valence-corrected chi connectivity index (χ4v) is 2.02. The van der Waals surface area contributed by atoms with Crippen LogP contribution in [-0.2, 0) is 4.74 Å². The SMILES string of the molecule is COCCOc1cccc(NC(=O)c2ccnc(Br)c2)c1. The predicted octanol–water partition coefficient (Wildman–Crippen LogP) is 3.12. The Hall–Kier alpha value is -1.92. The summed E-state index contributed by atoms with van der Waals surface area (Å²) in [4.78, 5) is 16.1. The van der Waals surface area contributed by atoms with Crippen molar-refractivity contribution >= 4 is 27.5 Å². The third kappa shape index (κ3) is 4.84. The number of carbonyl (C=O) groups excluding carboxylic acids is 1. The lowest BCUT2D eigenvalue weighted by atomic mass is 10.2. The summed E-state index contributed by atoms with van der Waals surface area (Å²) in [5.74, 6) is 0.480. The minimum absolute atomic E-state index is 0.202. The standard InChI is InChI=1S/C15H15BrN2O3/c1-20-7-8-21-13-4-2-3-12(10-13)18-15(19)11-5-6-17-14(16)9-11/h2-6,9-10H,7-8H2,1H3,(H,18,19). The minimum Gasteiger partial charge on any atom is -0.491 e. The Morgan fingerprint density at radius 2 is 2.14 bits per heavy atom. The van der Waals surface area contributed by atoms with Crippen molar-refractivity contribution in [2.24, 2.45) is 0 Å². The second kappa shape index (κ2) is 7.75. The molecule has 0 aliphatic heterocycles. The summed E-state index contributed by atoms with van der Waals surface area (Å²) in [6.07, 6.45) is 1.57. The molecule has 0 saturated carbocycles. The molecule has 5 nitrogen and oxygen atoms in total. The Labute approximate surface area is 131 Å². The lowest BCUT2D eigenvalue weighted by Crippen LogP contribution is -2.12. The topological polar surface area (TPSA) is 60.5 Å². The number of anilines is 1. The van der Waals surface area contributed by atoms with E-state index in [0.717, 1.165) is 0 Å². The van der Waals surface area contributed by atoms with Gasteiger partial charge in [0, 0.05) is 30.6 Å². The van der Waals surface area contributed by atoms with Gasteiger partial charge in [-0.3, -0.25) is 4.79 Å². The number of carbonyl (C=O) groups is 1. The largest absolute Gasteiger partial charge is 0.491 e. The number of pyridine rings is 1. The molecule has 1 heterocycles. The number of rotatable bonds is 6. The quantitative estimate of drug-likeness (QED) is 0.642. The number of methoxy groups -OCH3 is 1. The number of benzene rings is 1. The Morgan fingerprint density at radius 3 is 2.90 bits per heavy atom. The van der Waals surface area contributed by atoms with Gasteiger partial charge in [0.2, 0.25) is 0 Å². The molecule has 1 amide bonds. The molecular formula is C15H15BrN2O3. The van der Waals surface area contributed by atoms with Crippen LogP contribution in [0.4, 0.5) is 5.69 Å². The Bertz CT molecular complexity index is 619. The number of hydrogen-bond acceptors (Lipinski definition) is 4. The van der Waals surface area contributed by atoms with E-state index in [1.807, 2.05) is 12.1 Å². The van der Waals surface area contributed by atoms with Gasteiger partial charge in [0.25, 0.3) is 5.91 Å². The smallest absolute Gasteiger partial charge is 0.255 e. The van der Waals surface area contributed by atoms with Crippen LogP contribution in [0.2, 0.25) is 0 Å². The number of ether oxygens (including phenoxy) is 2. The molecule has 1 N–H and O–H groups in total. The first-order chi connectivity index (χ1) is 10.2. The van der Waals surface area contributed by atoms with E-state index in [4.69, 9.17) is 9.47 Å². The van der Waals surface area contributed by atoms with Crippen molar-refractivity contribution in [2.45, 2.75) is 0 Å². The van der Waals surface area contributed by atoms with Crippen LogP contribution in [0.5, 0.6) is 5.75 Å². The van der Waals surface area contributed by atoms with Gasteiger partial charge in [0.15, 0.2) is 0 Å². The Balaban J connectivity index is 2.02. The van der Waals surface area contributed by atoms with Crippen LogP contribution < -0.4 is 10.1 Å². The van der Waals surface area contributed by atoms with E-state index in [1.165, 1.54) is 0 Å². The molecule has 0 aliphatic rings. The molecule has 0 saturated heterocycles. The summed E-state index contributed by atoms with van der Waals surface area (Å²) in [6.45, 7) is 0.979. The number of hydrogen-bond donors (Lipinski definition) is 1. The number of aromatic nitrogens is 1. The van der Waals surface area contributed by atoms with E-state index < -0.39 is 0 Å². The first-order valence-corrected chi connectivity index (χ1v) is 7.13. The monoisotopic (exact) mass is 350 g/mol. The summed E-state index contributed by atoms with van der Waals surface area (Å²) in [5.41, 5.74) is 1.20. The fraction of sp³-hybridized carbons (Fsp3) is 0.200. The molecule has 21 heavy (non-hydrogen) atoms. The third-order valence-corrected chi connectivity index (χ3v) is 3.07. The molecule has 0 aliphatic carbocycles. The fourth-order valence-electron chi connectivity index (χ4n) is 1.65. The zero-order valence-corrected chi connectivity index (χ0v) is 13.1. The van der Waals surface area contributed by atoms with Gasteiger partial charge in [0.05, 0.1) is 6.61 Å². The Morgan fingerprint density at radius 1 is 1.29 bits per heavy atom. The molecule has 110 valence electrons. The zero-order valence-electron chi connectivity index (χ0n) is 11.5.